The fraction of sp³-hybridized carbons (Fsp3) is 0.875. The van der Waals surface area contributed by atoms with E-state index in [0.29, 0.717) is 11.5 Å². The van der Waals surface area contributed by atoms with Gasteiger partial charge in [-0.15, -0.1) is 0 Å². The standard InChI is InChI=1S/C16H29NO/c1-4-17-15(14-8-7-11-18-14)16(12-13(2)3)9-5-6-10-16/h8,13,15,17H,4-7,9-12H2,1-3H3. The molecule has 0 radical (unpaired) electrons. The van der Waals surface area contributed by atoms with Crippen LogP contribution in [0.25, 0.3) is 0 Å². The van der Waals surface area contributed by atoms with Crippen molar-refractivity contribution in [3.8, 4) is 0 Å². The van der Waals surface area contributed by atoms with Crippen molar-refractivity contribution in [3.63, 3.8) is 0 Å². The summed E-state index contributed by atoms with van der Waals surface area (Å²) < 4.78 is 5.89. The summed E-state index contributed by atoms with van der Waals surface area (Å²) in [6.45, 7) is 8.83. The molecular formula is C16H29NO. The van der Waals surface area contributed by atoms with Crippen LogP contribution in [0.3, 0.4) is 0 Å². The molecule has 1 unspecified atom stereocenters. The van der Waals surface area contributed by atoms with Crippen molar-refractivity contribution in [2.75, 3.05) is 13.2 Å². The van der Waals surface area contributed by atoms with Crippen molar-refractivity contribution >= 4 is 0 Å². The predicted octanol–water partition coefficient (Wildman–Crippen LogP) is 3.88. The van der Waals surface area contributed by atoms with Crippen molar-refractivity contribution < 1.29 is 4.74 Å². The molecule has 0 bridgehead atoms. The van der Waals surface area contributed by atoms with Gasteiger partial charge in [0.25, 0.3) is 0 Å². The Morgan fingerprint density at radius 1 is 1.33 bits per heavy atom. The summed E-state index contributed by atoms with van der Waals surface area (Å²) in [6.07, 6.45) is 10.2. The molecule has 1 atom stereocenters. The number of likely N-dealkylation sites (N-methyl/N-ethyl adjacent to an activating group) is 1. The maximum absolute atomic E-state index is 5.89. The number of hydrogen-bond donors (Lipinski definition) is 1. The second-order valence-electron chi connectivity index (χ2n) is 6.40. The SMILES string of the molecule is CCNC(C1=CCCO1)C1(CC(C)C)CCCC1. The highest BCUT2D eigenvalue weighted by molar-refractivity contribution is 5.14. The van der Waals surface area contributed by atoms with Gasteiger partial charge in [-0.25, -0.2) is 0 Å². The Bertz CT molecular complexity index is 289. The summed E-state index contributed by atoms with van der Waals surface area (Å²) in [4.78, 5) is 0. The lowest BCUT2D eigenvalue weighted by atomic mass is 9.71. The molecule has 2 heteroatoms. The minimum Gasteiger partial charge on any atom is -0.496 e. The molecule has 1 N–H and O–H groups in total. The van der Waals surface area contributed by atoms with Crippen LogP contribution in [0.4, 0.5) is 0 Å². The average molecular weight is 251 g/mol. The van der Waals surface area contributed by atoms with Crippen LogP contribution in [0, 0.1) is 11.3 Å². The number of rotatable bonds is 6. The van der Waals surface area contributed by atoms with E-state index in [4.69, 9.17) is 4.74 Å². The third-order valence-corrected chi connectivity index (χ3v) is 4.45. The van der Waals surface area contributed by atoms with E-state index in [9.17, 15) is 0 Å². The van der Waals surface area contributed by atoms with Crippen molar-refractivity contribution in [3.05, 3.63) is 11.8 Å². The van der Waals surface area contributed by atoms with Crippen molar-refractivity contribution in [2.45, 2.75) is 65.3 Å². The zero-order valence-corrected chi connectivity index (χ0v) is 12.3. The first kappa shape index (κ1) is 13.9. The van der Waals surface area contributed by atoms with Gasteiger partial charge in [0, 0.05) is 6.42 Å². The molecule has 0 amide bonds. The molecule has 1 aliphatic heterocycles. The van der Waals surface area contributed by atoms with Crippen LogP contribution < -0.4 is 5.32 Å². The third kappa shape index (κ3) is 2.90. The second-order valence-corrected chi connectivity index (χ2v) is 6.40. The number of ether oxygens (including phenoxy) is 1. The molecule has 1 aliphatic carbocycles. The number of hydrogen-bond acceptors (Lipinski definition) is 2. The molecule has 104 valence electrons. The van der Waals surface area contributed by atoms with Crippen LogP contribution >= 0.6 is 0 Å². The van der Waals surface area contributed by atoms with Gasteiger partial charge in [-0.1, -0.05) is 33.6 Å². The Kier molecular flexibility index (Phi) is 4.71. The molecule has 0 aromatic rings. The molecule has 1 fully saturated rings. The first-order chi connectivity index (χ1) is 8.68. The van der Waals surface area contributed by atoms with Crippen molar-refractivity contribution in [2.24, 2.45) is 11.3 Å². The average Bonchev–Trinajstić information content (AvgIpc) is 2.96. The summed E-state index contributed by atoms with van der Waals surface area (Å²) in [5.41, 5.74) is 0.445. The van der Waals surface area contributed by atoms with Crippen LogP contribution in [0.15, 0.2) is 11.8 Å². The Morgan fingerprint density at radius 2 is 2.06 bits per heavy atom. The maximum Gasteiger partial charge on any atom is 0.110 e. The Labute approximate surface area is 112 Å². The molecule has 2 rings (SSSR count). The molecule has 18 heavy (non-hydrogen) atoms. The highest BCUT2D eigenvalue weighted by Gasteiger charge is 2.44. The van der Waals surface area contributed by atoms with Gasteiger partial charge in [-0.05, 0) is 43.2 Å². The van der Waals surface area contributed by atoms with E-state index in [2.05, 4.69) is 32.2 Å². The highest BCUT2D eigenvalue weighted by Crippen LogP contribution is 2.48. The van der Waals surface area contributed by atoms with Crippen LogP contribution in [0.1, 0.15) is 59.3 Å². The van der Waals surface area contributed by atoms with E-state index in [1.165, 1.54) is 37.9 Å². The number of nitrogens with one attached hydrogen (secondary N) is 1. The van der Waals surface area contributed by atoms with Gasteiger partial charge in [-0.2, -0.15) is 0 Å². The van der Waals surface area contributed by atoms with E-state index in [0.717, 1.165) is 25.5 Å². The van der Waals surface area contributed by atoms with E-state index in [1.54, 1.807) is 0 Å². The largest absolute Gasteiger partial charge is 0.496 e. The Balaban J connectivity index is 2.19. The summed E-state index contributed by atoms with van der Waals surface area (Å²) in [6, 6.07) is 0.454. The molecular weight excluding hydrogens is 222 g/mol. The second kappa shape index (κ2) is 6.10. The minimum atomic E-state index is 0.445. The van der Waals surface area contributed by atoms with Crippen LogP contribution in [-0.4, -0.2) is 19.2 Å². The zero-order chi connectivity index (χ0) is 13.0. The fourth-order valence-corrected chi connectivity index (χ4v) is 3.96. The molecule has 0 saturated heterocycles. The summed E-state index contributed by atoms with van der Waals surface area (Å²) in [5.74, 6) is 2.01. The summed E-state index contributed by atoms with van der Waals surface area (Å²) >= 11 is 0. The van der Waals surface area contributed by atoms with Crippen LogP contribution in [0.2, 0.25) is 0 Å². The van der Waals surface area contributed by atoms with Gasteiger partial charge in [-0.3, -0.25) is 0 Å². The van der Waals surface area contributed by atoms with Crippen LogP contribution in [-0.2, 0) is 4.74 Å². The van der Waals surface area contributed by atoms with Crippen LogP contribution in [0.5, 0.6) is 0 Å². The lowest BCUT2D eigenvalue weighted by Gasteiger charge is -2.39. The van der Waals surface area contributed by atoms with Crippen molar-refractivity contribution in [1.29, 1.82) is 0 Å². The lowest BCUT2D eigenvalue weighted by molar-refractivity contribution is 0.118. The minimum absolute atomic E-state index is 0.445. The Morgan fingerprint density at radius 3 is 2.56 bits per heavy atom. The third-order valence-electron chi connectivity index (χ3n) is 4.45. The first-order valence-electron chi connectivity index (χ1n) is 7.74. The zero-order valence-electron chi connectivity index (χ0n) is 12.3. The van der Waals surface area contributed by atoms with Crippen molar-refractivity contribution in [1.82, 2.24) is 5.32 Å². The predicted molar refractivity (Wildman–Crippen MR) is 76.5 cm³/mol. The van der Waals surface area contributed by atoms with E-state index in [-0.39, 0.29) is 0 Å². The lowest BCUT2D eigenvalue weighted by Crippen LogP contribution is -2.46. The molecule has 0 aromatic heterocycles. The van der Waals surface area contributed by atoms with Gasteiger partial charge in [0.15, 0.2) is 0 Å². The topological polar surface area (TPSA) is 21.3 Å². The Hall–Kier alpha value is -0.500. The monoisotopic (exact) mass is 251 g/mol. The normalized spacial score (nSPS) is 24.1. The quantitative estimate of drug-likeness (QED) is 0.773. The van der Waals surface area contributed by atoms with Gasteiger partial charge in [0.05, 0.1) is 12.6 Å². The van der Waals surface area contributed by atoms with E-state index in [1.807, 2.05) is 0 Å². The summed E-state index contributed by atoms with van der Waals surface area (Å²) in [5, 5.41) is 3.72. The van der Waals surface area contributed by atoms with E-state index < -0.39 is 0 Å². The maximum atomic E-state index is 5.89. The summed E-state index contributed by atoms with van der Waals surface area (Å²) in [7, 11) is 0. The van der Waals surface area contributed by atoms with Gasteiger partial charge >= 0.3 is 0 Å². The first-order valence-corrected chi connectivity index (χ1v) is 7.74. The van der Waals surface area contributed by atoms with Gasteiger partial charge in [0.2, 0.25) is 0 Å². The smallest absolute Gasteiger partial charge is 0.110 e. The highest BCUT2D eigenvalue weighted by atomic mass is 16.5. The van der Waals surface area contributed by atoms with Gasteiger partial charge < -0.3 is 10.1 Å². The molecule has 1 saturated carbocycles. The van der Waals surface area contributed by atoms with Gasteiger partial charge in [0.1, 0.15) is 5.76 Å². The molecule has 2 aliphatic rings. The molecule has 0 spiro atoms. The molecule has 0 aromatic carbocycles. The molecule has 1 heterocycles. The fourth-order valence-electron chi connectivity index (χ4n) is 3.96. The van der Waals surface area contributed by atoms with E-state index >= 15 is 0 Å². The molecule has 2 nitrogen and oxygen atoms in total.